The maximum absolute atomic E-state index is 8.90. The van der Waals surface area contributed by atoms with Crippen LogP contribution in [0.2, 0.25) is 0 Å². The number of nitrogens with zero attached hydrogens (tertiary/aromatic N) is 1. The van der Waals surface area contributed by atoms with Gasteiger partial charge in [0.1, 0.15) is 0 Å². The second kappa shape index (κ2) is 3.45. The Labute approximate surface area is 49.8 Å². The lowest BCUT2D eigenvalue weighted by Gasteiger charge is -2.06. The van der Waals surface area contributed by atoms with E-state index in [1.54, 1.807) is 6.92 Å². The molecule has 0 aliphatic rings. The van der Waals surface area contributed by atoms with Gasteiger partial charge in [0.2, 0.25) is 0 Å². The van der Waals surface area contributed by atoms with E-state index in [0.29, 0.717) is 6.42 Å². The summed E-state index contributed by atoms with van der Waals surface area (Å²) in [5.41, 5.74) is 0. The van der Waals surface area contributed by atoms with Crippen molar-refractivity contribution in [3.05, 3.63) is 0 Å². The van der Waals surface area contributed by atoms with Gasteiger partial charge in [-0.05, 0) is 13.3 Å². The molecule has 8 heavy (non-hydrogen) atoms. The van der Waals surface area contributed by atoms with Gasteiger partial charge in [-0.25, -0.2) is 0 Å². The van der Waals surface area contributed by atoms with Crippen molar-refractivity contribution < 1.29 is 5.11 Å². The second-order valence-corrected chi connectivity index (χ2v) is 1.89. The largest absolute Gasteiger partial charge is 0.392 e. The van der Waals surface area contributed by atoms with Crippen molar-refractivity contribution in [2.24, 2.45) is 5.92 Å². The molecule has 0 saturated heterocycles. The van der Waals surface area contributed by atoms with Gasteiger partial charge in [0, 0.05) is 0 Å². The van der Waals surface area contributed by atoms with Crippen LogP contribution < -0.4 is 0 Å². The molecular formula is C6H11NO. The van der Waals surface area contributed by atoms with Crippen molar-refractivity contribution in [3.63, 3.8) is 0 Å². The molecule has 2 heteroatoms. The molecule has 2 nitrogen and oxygen atoms in total. The highest BCUT2D eigenvalue weighted by molar-refractivity contribution is 4.83. The highest BCUT2D eigenvalue weighted by Gasteiger charge is 2.08. The van der Waals surface area contributed by atoms with Crippen molar-refractivity contribution in [2.75, 3.05) is 0 Å². The van der Waals surface area contributed by atoms with Gasteiger partial charge in [0.25, 0.3) is 0 Å². The summed E-state index contributed by atoms with van der Waals surface area (Å²) < 4.78 is 0. The first-order valence-corrected chi connectivity index (χ1v) is 2.80. The van der Waals surface area contributed by atoms with Crippen LogP contribution >= 0.6 is 0 Å². The molecule has 0 spiro atoms. The summed E-state index contributed by atoms with van der Waals surface area (Å²) in [6, 6.07) is 1.97. The minimum absolute atomic E-state index is 0.222. The number of aliphatic hydroxyl groups excluding tert-OH is 1. The molecule has 0 aliphatic carbocycles. The fourth-order valence-electron chi connectivity index (χ4n) is 0.440. The maximum atomic E-state index is 8.90. The zero-order valence-corrected chi connectivity index (χ0v) is 5.26. The van der Waals surface area contributed by atoms with E-state index in [0.717, 1.165) is 0 Å². The van der Waals surface area contributed by atoms with Crippen LogP contribution in [0.5, 0.6) is 0 Å². The summed E-state index contributed by atoms with van der Waals surface area (Å²) in [5, 5.41) is 17.1. The molecule has 0 heterocycles. The maximum Gasteiger partial charge on any atom is 0.0694 e. The van der Waals surface area contributed by atoms with Crippen molar-refractivity contribution in [1.82, 2.24) is 0 Å². The summed E-state index contributed by atoms with van der Waals surface area (Å²) >= 11 is 0. The fraction of sp³-hybridized carbons (Fsp3) is 0.833. The number of aliphatic hydroxyl groups is 1. The van der Waals surface area contributed by atoms with Gasteiger partial charge < -0.3 is 5.11 Å². The van der Waals surface area contributed by atoms with E-state index in [1.807, 2.05) is 13.0 Å². The topological polar surface area (TPSA) is 44.0 Å². The first-order chi connectivity index (χ1) is 3.72. The van der Waals surface area contributed by atoms with Gasteiger partial charge in [-0.2, -0.15) is 5.26 Å². The van der Waals surface area contributed by atoms with Crippen LogP contribution in [-0.2, 0) is 0 Å². The summed E-state index contributed by atoms with van der Waals surface area (Å²) in [4.78, 5) is 0. The first kappa shape index (κ1) is 7.45. The van der Waals surface area contributed by atoms with Gasteiger partial charge >= 0.3 is 0 Å². The predicted molar refractivity (Wildman–Crippen MR) is 31.1 cm³/mol. The number of hydrogen-bond donors (Lipinski definition) is 1. The van der Waals surface area contributed by atoms with E-state index in [-0.39, 0.29) is 5.92 Å². The van der Waals surface area contributed by atoms with Gasteiger partial charge in [-0.15, -0.1) is 0 Å². The molecule has 0 radical (unpaired) electrons. The van der Waals surface area contributed by atoms with Crippen LogP contribution in [0.4, 0.5) is 0 Å². The summed E-state index contributed by atoms with van der Waals surface area (Å²) in [6.07, 6.45) is 0.217. The summed E-state index contributed by atoms with van der Waals surface area (Å²) in [7, 11) is 0. The van der Waals surface area contributed by atoms with Gasteiger partial charge in [0.05, 0.1) is 18.1 Å². The lowest BCUT2D eigenvalue weighted by atomic mass is 10.1. The molecular weight excluding hydrogens is 102 g/mol. The van der Waals surface area contributed by atoms with Crippen LogP contribution in [0, 0.1) is 17.2 Å². The Bertz CT molecular complexity index is 95.2. The first-order valence-electron chi connectivity index (χ1n) is 2.80. The zero-order chi connectivity index (χ0) is 6.57. The predicted octanol–water partition coefficient (Wildman–Crippen LogP) is 0.917. The van der Waals surface area contributed by atoms with E-state index in [2.05, 4.69) is 0 Å². The molecule has 2 unspecified atom stereocenters. The Morgan fingerprint density at radius 2 is 2.25 bits per heavy atom. The van der Waals surface area contributed by atoms with Gasteiger partial charge in [-0.3, -0.25) is 0 Å². The highest BCUT2D eigenvalue weighted by Crippen LogP contribution is 2.03. The van der Waals surface area contributed by atoms with Crippen LogP contribution in [-0.4, -0.2) is 11.2 Å². The van der Waals surface area contributed by atoms with Gasteiger partial charge in [-0.1, -0.05) is 6.92 Å². The van der Waals surface area contributed by atoms with E-state index >= 15 is 0 Å². The molecule has 1 N–H and O–H groups in total. The monoisotopic (exact) mass is 113 g/mol. The molecule has 0 aliphatic heterocycles. The molecule has 46 valence electrons. The molecule has 0 saturated carbocycles. The number of rotatable bonds is 2. The minimum Gasteiger partial charge on any atom is -0.392 e. The standard InChI is InChI=1S/C6H11NO/c1-3-6(8)5(2)4-7/h5-6,8H,3H2,1-2H3. The van der Waals surface area contributed by atoms with Crippen LogP contribution in [0.1, 0.15) is 20.3 Å². The minimum atomic E-state index is -0.444. The Morgan fingerprint density at radius 1 is 1.75 bits per heavy atom. The SMILES string of the molecule is CCC(O)C(C)C#N. The van der Waals surface area contributed by atoms with Gasteiger partial charge in [0.15, 0.2) is 0 Å². The zero-order valence-electron chi connectivity index (χ0n) is 5.26. The van der Waals surface area contributed by atoms with Crippen molar-refractivity contribution in [3.8, 4) is 6.07 Å². The smallest absolute Gasteiger partial charge is 0.0694 e. The van der Waals surface area contributed by atoms with Crippen molar-refractivity contribution in [2.45, 2.75) is 26.4 Å². The fourth-order valence-corrected chi connectivity index (χ4v) is 0.440. The molecule has 0 fully saturated rings. The van der Waals surface area contributed by atoms with E-state index < -0.39 is 6.10 Å². The molecule has 0 bridgehead atoms. The van der Waals surface area contributed by atoms with E-state index in [9.17, 15) is 0 Å². The third-order valence-electron chi connectivity index (χ3n) is 1.20. The second-order valence-electron chi connectivity index (χ2n) is 1.89. The highest BCUT2D eigenvalue weighted by atomic mass is 16.3. The van der Waals surface area contributed by atoms with Crippen LogP contribution in [0.25, 0.3) is 0 Å². The average molecular weight is 113 g/mol. The number of hydrogen-bond acceptors (Lipinski definition) is 2. The molecule has 0 aromatic carbocycles. The van der Waals surface area contributed by atoms with Crippen molar-refractivity contribution >= 4 is 0 Å². The quantitative estimate of drug-likeness (QED) is 0.578. The lowest BCUT2D eigenvalue weighted by Crippen LogP contribution is -2.13. The molecule has 0 aromatic heterocycles. The third-order valence-corrected chi connectivity index (χ3v) is 1.20. The molecule has 0 amide bonds. The average Bonchev–Trinajstić information content (AvgIpc) is 1.84. The van der Waals surface area contributed by atoms with E-state index in [4.69, 9.17) is 10.4 Å². The molecule has 2 atom stereocenters. The third kappa shape index (κ3) is 1.94. The van der Waals surface area contributed by atoms with Crippen LogP contribution in [0.3, 0.4) is 0 Å². The Balaban J connectivity index is 3.49. The Hall–Kier alpha value is -0.550. The number of nitriles is 1. The molecule has 0 aromatic rings. The lowest BCUT2D eigenvalue weighted by molar-refractivity contribution is 0.136. The van der Waals surface area contributed by atoms with E-state index in [1.165, 1.54) is 0 Å². The van der Waals surface area contributed by atoms with Crippen LogP contribution in [0.15, 0.2) is 0 Å². The Kier molecular flexibility index (Phi) is 3.21. The summed E-state index contributed by atoms with van der Waals surface area (Å²) in [5.74, 6) is -0.222. The summed E-state index contributed by atoms with van der Waals surface area (Å²) in [6.45, 7) is 3.58. The molecule has 0 rings (SSSR count). The van der Waals surface area contributed by atoms with Crippen molar-refractivity contribution in [1.29, 1.82) is 5.26 Å². The Morgan fingerprint density at radius 3 is 2.38 bits per heavy atom. The normalized spacial score (nSPS) is 16.8.